The van der Waals surface area contributed by atoms with Crippen molar-refractivity contribution >= 4 is 5.91 Å². The Kier molecular flexibility index (Phi) is 6.67. The molecule has 1 amide bonds. The van der Waals surface area contributed by atoms with Crippen molar-refractivity contribution < 1.29 is 14.3 Å². The lowest BCUT2D eigenvalue weighted by atomic mass is 10.1. The number of nitrogens with zero attached hydrogens (tertiary/aromatic N) is 2. The summed E-state index contributed by atoms with van der Waals surface area (Å²) in [6.07, 6.45) is 0.952. The highest BCUT2D eigenvalue weighted by atomic mass is 16.5. The van der Waals surface area contributed by atoms with E-state index in [0.717, 1.165) is 39.1 Å². The topological polar surface area (TPSA) is 54.0 Å². The molecule has 128 valence electrons. The Bertz CT molecular complexity index is 514. The second-order valence-electron chi connectivity index (χ2n) is 5.82. The molecule has 6 heteroatoms. The van der Waals surface area contributed by atoms with E-state index in [1.807, 2.05) is 0 Å². The zero-order valence-corrected chi connectivity index (χ0v) is 14.3. The van der Waals surface area contributed by atoms with Crippen LogP contribution in [0.1, 0.15) is 16.8 Å². The summed E-state index contributed by atoms with van der Waals surface area (Å²) in [5.41, 5.74) is 0.535. The van der Waals surface area contributed by atoms with Crippen molar-refractivity contribution in [1.82, 2.24) is 15.1 Å². The van der Waals surface area contributed by atoms with E-state index in [2.05, 4.69) is 22.2 Å². The molecule has 1 fully saturated rings. The van der Waals surface area contributed by atoms with Gasteiger partial charge < -0.3 is 24.6 Å². The smallest absolute Gasteiger partial charge is 0.255 e. The first-order chi connectivity index (χ1) is 11.1. The summed E-state index contributed by atoms with van der Waals surface area (Å²) in [4.78, 5) is 17.1. The molecule has 23 heavy (non-hydrogen) atoms. The number of likely N-dealkylation sites (N-methyl/N-ethyl adjacent to an activating group) is 1. The number of carbonyl (C=O) groups is 1. The van der Waals surface area contributed by atoms with Gasteiger partial charge in [-0.1, -0.05) is 0 Å². The van der Waals surface area contributed by atoms with Crippen LogP contribution in [0, 0.1) is 0 Å². The van der Waals surface area contributed by atoms with Crippen LogP contribution in [0.3, 0.4) is 0 Å². The summed E-state index contributed by atoms with van der Waals surface area (Å²) in [5, 5.41) is 2.96. The fourth-order valence-corrected chi connectivity index (χ4v) is 2.66. The molecule has 0 aliphatic carbocycles. The second kappa shape index (κ2) is 8.74. The molecule has 6 nitrogen and oxygen atoms in total. The molecule has 1 aliphatic heterocycles. The Balaban J connectivity index is 1.76. The summed E-state index contributed by atoms with van der Waals surface area (Å²) in [5.74, 6) is 1.09. The molecular formula is C17H27N3O3. The standard InChI is InChI=1S/C17H27N3O3/c1-19-9-11-20(12-10-19)8-4-7-18-17(21)15-6-5-14(22-2)13-16(15)23-3/h5-6,13H,4,7-12H2,1-3H3,(H,18,21). The van der Waals surface area contributed by atoms with Crippen LogP contribution in [-0.4, -0.2) is 76.2 Å². The highest BCUT2D eigenvalue weighted by molar-refractivity contribution is 5.97. The maximum absolute atomic E-state index is 12.3. The van der Waals surface area contributed by atoms with Gasteiger partial charge in [-0.3, -0.25) is 4.79 Å². The molecule has 1 saturated heterocycles. The normalized spacial score (nSPS) is 16.1. The number of benzene rings is 1. The van der Waals surface area contributed by atoms with Gasteiger partial charge in [-0.15, -0.1) is 0 Å². The van der Waals surface area contributed by atoms with E-state index < -0.39 is 0 Å². The van der Waals surface area contributed by atoms with Gasteiger partial charge in [0, 0.05) is 38.8 Å². The zero-order valence-electron chi connectivity index (χ0n) is 14.3. The molecule has 0 radical (unpaired) electrons. The summed E-state index contributed by atoms with van der Waals surface area (Å²) >= 11 is 0. The van der Waals surface area contributed by atoms with Crippen LogP contribution in [0.4, 0.5) is 0 Å². The molecule has 1 heterocycles. The van der Waals surface area contributed by atoms with Gasteiger partial charge in [0.2, 0.25) is 0 Å². The summed E-state index contributed by atoms with van der Waals surface area (Å²) < 4.78 is 10.4. The Morgan fingerprint density at radius 2 is 1.91 bits per heavy atom. The van der Waals surface area contributed by atoms with E-state index >= 15 is 0 Å². The van der Waals surface area contributed by atoms with Gasteiger partial charge in [0.05, 0.1) is 19.8 Å². The lowest BCUT2D eigenvalue weighted by molar-refractivity contribution is 0.0946. The third-order valence-electron chi connectivity index (χ3n) is 4.19. The van der Waals surface area contributed by atoms with Crippen LogP contribution in [-0.2, 0) is 0 Å². The molecule has 0 bridgehead atoms. The van der Waals surface area contributed by atoms with Crippen molar-refractivity contribution in [3.63, 3.8) is 0 Å². The van der Waals surface area contributed by atoms with Gasteiger partial charge in [-0.2, -0.15) is 0 Å². The molecule has 0 unspecified atom stereocenters. The fraction of sp³-hybridized carbons (Fsp3) is 0.588. The van der Waals surface area contributed by atoms with E-state index in [0.29, 0.717) is 23.6 Å². The van der Waals surface area contributed by atoms with Gasteiger partial charge in [0.15, 0.2) is 0 Å². The lowest BCUT2D eigenvalue weighted by Gasteiger charge is -2.32. The first-order valence-electron chi connectivity index (χ1n) is 8.05. The Hall–Kier alpha value is -1.79. The average molecular weight is 321 g/mol. The van der Waals surface area contributed by atoms with Gasteiger partial charge in [-0.05, 0) is 32.1 Å². The maximum Gasteiger partial charge on any atom is 0.255 e. The van der Waals surface area contributed by atoms with Gasteiger partial charge in [0.25, 0.3) is 5.91 Å². The number of amides is 1. The monoisotopic (exact) mass is 321 g/mol. The van der Waals surface area contributed by atoms with E-state index in [1.54, 1.807) is 32.4 Å². The van der Waals surface area contributed by atoms with Crippen LogP contribution in [0.2, 0.25) is 0 Å². The fourth-order valence-electron chi connectivity index (χ4n) is 2.66. The largest absolute Gasteiger partial charge is 0.497 e. The number of methoxy groups -OCH3 is 2. The number of carbonyl (C=O) groups excluding carboxylic acids is 1. The van der Waals surface area contributed by atoms with E-state index in [1.165, 1.54) is 0 Å². The molecule has 1 aromatic rings. The van der Waals surface area contributed by atoms with Crippen molar-refractivity contribution in [1.29, 1.82) is 0 Å². The SMILES string of the molecule is COc1ccc(C(=O)NCCCN2CCN(C)CC2)c(OC)c1. The molecule has 1 N–H and O–H groups in total. The third-order valence-corrected chi connectivity index (χ3v) is 4.19. The van der Waals surface area contributed by atoms with Crippen LogP contribution < -0.4 is 14.8 Å². The quantitative estimate of drug-likeness (QED) is 0.762. The van der Waals surface area contributed by atoms with E-state index in [-0.39, 0.29) is 5.91 Å². The molecule has 0 spiro atoms. The van der Waals surface area contributed by atoms with Crippen molar-refractivity contribution in [3.8, 4) is 11.5 Å². The van der Waals surface area contributed by atoms with Crippen molar-refractivity contribution in [2.75, 3.05) is 60.5 Å². The molecule has 2 rings (SSSR count). The summed E-state index contributed by atoms with van der Waals surface area (Å²) in [6, 6.07) is 5.22. The second-order valence-corrected chi connectivity index (χ2v) is 5.82. The molecule has 1 aliphatic rings. The Morgan fingerprint density at radius 3 is 2.57 bits per heavy atom. The van der Waals surface area contributed by atoms with Gasteiger partial charge in [-0.25, -0.2) is 0 Å². The molecule has 0 saturated carbocycles. The summed E-state index contributed by atoms with van der Waals surface area (Å²) in [7, 11) is 5.30. The molecule has 0 aromatic heterocycles. The van der Waals surface area contributed by atoms with Crippen molar-refractivity contribution in [2.24, 2.45) is 0 Å². The molecule has 1 aromatic carbocycles. The minimum Gasteiger partial charge on any atom is -0.497 e. The number of hydrogen-bond donors (Lipinski definition) is 1. The predicted molar refractivity (Wildman–Crippen MR) is 90.4 cm³/mol. The number of hydrogen-bond acceptors (Lipinski definition) is 5. The van der Waals surface area contributed by atoms with Crippen LogP contribution in [0.25, 0.3) is 0 Å². The van der Waals surface area contributed by atoms with E-state index in [4.69, 9.17) is 9.47 Å². The van der Waals surface area contributed by atoms with Gasteiger partial charge in [0.1, 0.15) is 11.5 Å². The highest BCUT2D eigenvalue weighted by Crippen LogP contribution is 2.24. The minimum atomic E-state index is -0.108. The van der Waals surface area contributed by atoms with Crippen LogP contribution in [0.15, 0.2) is 18.2 Å². The predicted octanol–water partition coefficient (Wildman–Crippen LogP) is 1.07. The Labute approximate surface area is 138 Å². The van der Waals surface area contributed by atoms with Crippen molar-refractivity contribution in [2.45, 2.75) is 6.42 Å². The first kappa shape index (κ1) is 17.6. The maximum atomic E-state index is 12.3. The summed E-state index contributed by atoms with van der Waals surface area (Å²) in [6.45, 7) is 6.15. The first-order valence-corrected chi connectivity index (χ1v) is 8.05. The van der Waals surface area contributed by atoms with Crippen molar-refractivity contribution in [3.05, 3.63) is 23.8 Å². The van der Waals surface area contributed by atoms with Gasteiger partial charge >= 0.3 is 0 Å². The average Bonchev–Trinajstić information content (AvgIpc) is 2.59. The number of nitrogens with one attached hydrogen (secondary N) is 1. The zero-order chi connectivity index (χ0) is 16.7. The van der Waals surface area contributed by atoms with Crippen LogP contribution >= 0.6 is 0 Å². The van der Waals surface area contributed by atoms with E-state index in [9.17, 15) is 4.79 Å². The Morgan fingerprint density at radius 1 is 1.17 bits per heavy atom. The highest BCUT2D eigenvalue weighted by Gasteiger charge is 2.15. The molecular weight excluding hydrogens is 294 g/mol. The number of ether oxygens (including phenoxy) is 2. The third kappa shape index (κ3) is 5.11. The minimum absolute atomic E-state index is 0.108. The number of piperazine rings is 1. The number of rotatable bonds is 7. The van der Waals surface area contributed by atoms with Crippen LogP contribution in [0.5, 0.6) is 11.5 Å². The molecule has 0 atom stereocenters. The lowest BCUT2D eigenvalue weighted by Crippen LogP contribution is -2.45.